The molecular weight excluding hydrogens is 305 g/mol. The Labute approximate surface area is 128 Å². The molecule has 0 atom stereocenters. The Morgan fingerprint density at radius 1 is 1.23 bits per heavy atom. The molecule has 0 bridgehead atoms. The van der Waals surface area contributed by atoms with E-state index in [0.29, 0.717) is 17.2 Å². The van der Waals surface area contributed by atoms with E-state index in [4.69, 9.17) is 0 Å². The number of aromatic nitrogens is 2. The summed E-state index contributed by atoms with van der Waals surface area (Å²) in [5.41, 5.74) is 2.02. The second kappa shape index (κ2) is 6.10. The molecule has 1 aliphatic carbocycles. The maximum absolute atomic E-state index is 13.1. The number of sulfonamides is 1. The van der Waals surface area contributed by atoms with E-state index in [9.17, 15) is 12.8 Å². The Morgan fingerprint density at radius 3 is 2.77 bits per heavy atom. The fourth-order valence-electron chi connectivity index (χ4n) is 2.20. The largest absolute Gasteiger partial charge is 0.241 e. The first-order valence-electron chi connectivity index (χ1n) is 7.04. The number of hydrogen-bond acceptors (Lipinski definition) is 4. The molecule has 1 aliphatic rings. The zero-order valence-electron chi connectivity index (χ0n) is 11.9. The first-order valence-corrected chi connectivity index (χ1v) is 8.70. The van der Waals surface area contributed by atoms with Crippen molar-refractivity contribution in [3.8, 4) is 0 Å². The first kappa shape index (κ1) is 15.1. The second-order valence-electron chi connectivity index (χ2n) is 5.42. The number of nitrogens with zero attached hydrogens (tertiary/aromatic N) is 2. The number of halogens is 1. The van der Waals surface area contributed by atoms with E-state index in [0.717, 1.165) is 18.5 Å². The summed E-state index contributed by atoms with van der Waals surface area (Å²) in [5.74, 6) is -0.214. The highest BCUT2D eigenvalue weighted by molar-refractivity contribution is 7.88. The third-order valence-corrected chi connectivity index (χ3v) is 4.76. The van der Waals surface area contributed by atoms with Gasteiger partial charge in [0.2, 0.25) is 10.0 Å². The molecule has 0 amide bonds. The highest BCUT2D eigenvalue weighted by Gasteiger charge is 2.25. The van der Waals surface area contributed by atoms with Crippen molar-refractivity contribution in [1.29, 1.82) is 0 Å². The Bertz CT molecular complexity index is 776. The van der Waals surface area contributed by atoms with Gasteiger partial charge in [-0.15, -0.1) is 0 Å². The predicted molar refractivity (Wildman–Crippen MR) is 79.9 cm³/mol. The topological polar surface area (TPSA) is 72.0 Å². The van der Waals surface area contributed by atoms with E-state index >= 15 is 0 Å². The minimum Gasteiger partial charge on any atom is -0.241 e. The van der Waals surface area contributed by atoms with Gasteiger partial charge in [0.15, 0.2) is 0 Å². The summed E-state index contributed by atoms with van der Waals surface area (Å²) < 4.78 is 39.7. The van der Waals surface area contributed by atoms with Crippen LogP contribution in [0, 0.1) is 5.82 Å². The van der Waals surface area contributed by atoms with E-state index in [1.807, 2.05) is 6.07 Å². The number of benzene rings is 1. The zero-order chi connectivity index (χ0) is 15.6. The molecule has 1 aromatic carbocycles. The Hall–Kier alpha value is -1.86. The predicted octanol–water partition coefficient (Wildman–Crippen LogP) is 2.11. The van der Waals surface area contributed by atoms with Crippen molar-refractivity contribution < 1.29 is 12.8 Å². The van der Waals surface area contributed by atoms with Crippen LogP contribution in [0.3, 0.4) is 0 Å². The Morgan fingerprint density at radius 2 is 2.05 bits per heavy atom. The first-order chi connectivity index (χ1) is 10.5. The quantitative estimate of drug-likeness (QED) is 0.884. The molecular formula is C15H16FN3O2S. The Balaban J connectivity index is 1.63. The molecule has 1 N–H and O–H groups in total. The maximum Gasteiger partial charge on any atom is 0.216 e. The Kier molecular flexibility index (Phi) is 4.17. The van der Waals surface area contributed by atoms with Crippen molar-refractivity contribution in [2.45, 2.75) is 31.1 Å². The molecule has 0 radical (unpaired) electrons. The van der Waals surface area contributed by atoms with Crippen LogP contribution >= 0.6 is 0 Å². The molecule has 0 unspecified atom stereocenters. The summed E-state index contributed by atoms with van der Waals surface area (Å²) in [6, 6.07) is 7.41. The fraction of sp³-hybridized carbons (Fsp3) is 0.333. The summed E-state index contributed by atoms with van der Waals surface area (Å²) in [4.78, 5) is 8.27. The van der Waals surface area contributed by atoms with Gasteiger partial charge in [0, 0.05) is 11.6 Å². The number of hydrogen-bond donors (Lipinski definition) is 1. The van der Waals surface area contributed by atoms with E-state index < -0.39 is 15.8 Å². The summed E-state index contributed by atoms with van der Waals surface area (Å²) in [6.45, 7) is 0.111. The van der Waals surface area contributed by atoms with Gasteiger partial charge in [0.25, 0.3) is 0 Å². The standard InChI is InChI=1S/C15H16FN3O2S/c16-13-3-1-2-11(6-13)9-22(20,21)19-8-14-7-15(12-4-5-12)18-10-17-14/h1-3,6-7,10,12,19H,4-5,8-9H2. The molecule has 1 heterocycles. The van der Waals surface area contributed by atoms with Crippen LogP contribution in [0.4, 0.5) is 4.39 Å². The van der Waals surface area contributed by atoms with Crippen molar-refractivity contribution in [1.82, 2.24) is 14.7 Å². The van der Waals surface area contributed by atoms with Crippen LogP contribution in [-0.4, -0.2) is 18.4 Å². The summed E-state index contributed by atoms with van der Waals surface area (Å²) in [7, 11) is -3.54. The van der Waals surface area contributed by atoms with Gasteiger partial charge in [-0.3, -0.25) is 0 Å². The third kappa shape index (κ3) is 4.08. The van der Waals surface area contributed by atoms with E-state index in [2.05, 4.69) is 14.7 Å². The highest BCUT2D eigenvalue weighted by atomic mass is 32.2. The lowest BCUT2D eigenvalue weighted by Crippen LogP contribution is -2.25. The normalized spacial score (nSPS) is 15.0. The maximum atomic E-state index is 13.1. The van der Waals surface area contributed by atoms with Crippen LogP contribution in [0.2, 0.25) is 0 Å². The van der Waals surface area contributed by atoms with Crippen LogP contribution in [0.5, 0.6) is 0 Å². The SMILES string of the molecule is O=S(=O)(Cc1cccc(F)c1)NCc1cc(C2CC2)ncn1. The van der Waals surface area contributed by atoms with Crippen molar-refractivity contribution in [3.05, 3.63) is 59.4 Å². The van der Waals surface area contributed by atoms with Gasteiger partial charge in [-0.1, -0.05) is 12.1 Å². The van der Waals surface area contributed by atoms with Crippen LogP contribution in [-0.2, 0) is 22.3 Å². The van der Waals surface area contributed by atoms with Crippen molar-refractivity contribution >= 4 is 10.0 Å². The minimum absolute atomic E-state index is 0.111. The van der Waals surface area contributed by atoms with Gasteiger partial charge in [-0.05, 0) is 36.6 Å². The van der Waals surface area contributed by atoms with Gasteiger partial charge < -0.3 is 0 Å². The lowest BCUT2D eigenvalue weighted by Gasteiger charge is -2.07. The third-order valence-electron chi connectivity index (χ3n) is 3.46. The summed E-state index contributed by atoms with van der Waals surface area (Å²) >= 11 is 0. The zero-order valence-corrected chi connectivity index (χ0v) is 12.7. The minimum atomic E-state index is -3.54. The molecule has 1 fully saturated rings. The van der Waals surface area contributed by atoms with Crippen LogP contribution in [0.1, 0.15) is 35.7 Å². The van der Waals surface area contributed by atoms with Gasteiger partial charge in [-0.25, -0.2) is 27.5 Å². The average molecular weight is 321 g/mol. The summed E-state index contributed by atoms with van der Waals surface area (Å²) in [5, 5.41) is 0. The molecule has 5 nitrogen and oxygen atoms in total. The van der Waals surface area contributed by atoms with Crippen molar-refractivity contribution in [2.24, 2.45) is 0 Å². The molecule has 22 heavy (non-hydrogen) atoms. The molecule has 0 saturated heterocycles. The molecule has 7 heteroatoms. The number of nitrogens with one attached hydrogen (secondary N) is 1. The van der Waals surface area contributed by atoms with Gasteiger partial charge >= 0.3 is 0 Å². The van der Waals surface area contributed by atoms with Gasteiger partial charge in [-0.2, -0.15) is 0 Å². The smallest absolute Gasteiger partial charge is 0.216 e. The molecule has 0 spiro atoms. The second-order valence-corrected chi connectivity index (χ2v) is 7.23. The lowest BCUT2D eigenvalue weighted by molar-refractivity contribution is 0.579. The van der Waals surface area contributed by atoms with Gasteiger partial charge in [0.05, 0.1) is 18.0 Å². The van der Waals surface area contributed by atoms with Crippen LogP contribution in [0.15, 0.2) is 36.7 Å². The van der Waals surface area contributed by atoms with Crippen molar-refractivity contribution in [2.75, 3.05) is 0 Å². The monoisotopic (exact) mass is 321 g/mol. The van der Waals surface area contributed by atoms with Crippen molar-refractivity contribution in [3.63, 3.8) is 0 Å². The fourth-order valence-corrected chi connectivity index (χ4v) is 3.28. The van der Waals surface area contributed by atoms with Gasteiger partial charge in [0.1, 0.15) is 12.1 Å². The number of rotatable bonds is 6. The average Bonchev–Trinajstić information content (AvgIpc) is 3.30. The summed E-state index contributed by atoms with van der Waals surface area (Å²) in [6.07, 6.45) is 3.72. The molecule has 1 saturated carbocycles. The van der Waals surface area contributed by atoms with Crippen LogP contribution in [0.25, 0.3) is 0 Å². The van der Waals surface area contributed by atoms with E-state index in [1.54, 1.807) is 6.07 Å². The molecule has 3 rings (SSSR count). The van der Waals surface area contributed by atoms with E-state index in [-0.39, 0.29) is 12.3 Å². The van der Waals surface area contributed by atoms with E-state index in [1.165, 1.54) is 24.5 Å². The van der Waals surface area contributed by atoms with Crippen LogP contribution < -0.4 is 4.72 Å². The molecule has 2 aromatic rings. The lowest BCUT2D eigenvalue weighted by atomic mass is 10.2. The molecule has 1 aromatic heterocycles. The molecule has 116 valence electrons. The highest BCUT2D eigenvalue weighted by Crippen LogP contribution is 2.38. The molecule has 0 aliphatic heterocycles.